The summed E-state index contributed by atoms with van der Waals surface area (Å²) >= 11 is 0. The van der Waals surface area contributed by atoms with E-state index in [1.807, 2.05) is 13.8 Å². The summed E-state index contributed by atoms with van der Waals surface area (Å²) in [5.74, 6) is -0.285. The zero-order chi connectivity index (χ0) is 13.1. The summed E-state index contributed by atoms with van der Waals surface area (Å²) in [6, 6.07) is 0. The Bertz CT molecular complexity index is 281. The highest BCUT2D eigenvalue weighted by molar-refractivity contribution is 5.98. The maximum absolute atomic E-state index is 11.8. The van der Waals surface area contributed by atoms with Gasteiger partial charge < -0.3 is 9.84 Å². The molecule has 5 heteroatoms. The Morgan fingerprint density at radius 2 is 1.88 bits per heavy atom. The third-order valence-corrected chi connectivity index (χ3v) is 2.91. The fraction of sp³-hybridized carbons (Fsp3) is 0.833. The molecule has 1 heterocycles. The van der Waals surface area contributed by atoms with Gasteiger partial charge in [0, 0.05) is 26.5 Å². The van der Waals surface area contributed by atoms with Crippen molar-refractivity contribution in [1.82, 2.24) is 4.90 Å². The minimum Gasteiger partial charge on any atom is -0.391 e. The first-order chi connectivity index (χ1) is 7.85. The molecule has 0 spiro atoms. The molecule has 0 aliphatic carbocycles. The minimum absolute atomic E-state index is 0.143. The molecule has 98 valence electrons. The van der Waals surface area contributed by atoms with Crippen LogP contribution < -0.4 is 0 Å². The Labute approximate surface area is 102 Å². The molecule has 17 heavy (non-hydrogen) atoms. The lowest BCUT2D eigenvalue weighted by Crippen LogP contribution is -2.47. The van der Waals surface area contributed by atoms with Crippen LogP contribution in [0.5, 0.6) is 0 Å². The average Bonchev–Trinajstić information content (AvgIpc) is 2.14. The van der Waals surface area contributed by atoms with Crippen LogP contribution in [0.15, 0.2) is 0 Å². The number of piperidine rings is 1. The van der Waals surface area contributed by atoms with E-state index in [1.165, 1.54) is 12.0 Å². The Kier molecular flexibility index (Phi) is 4.65. The molecule has 1 fully saturated rings. The maximum Gasteiger partial charge on any atom is 0.229 e. The molecule has 1 saturated heterocycles. The van der Waals surface area contributed by atoms with Crippen LogP contribution in [0.25, 0.3) is 0 Å². The number of amides is 2. The van der Waals surface area contributed by atoms with Gasteiger partial charge in [0.15, 0.2) is 0 Å². The average molecular weight is 243 g/mol. The summed E-state index contributed by atoms with van der Waals surface area (Å²) in [7, 11) is 1.50. The predicted octanol–water partition coefficient (Wildman–Crippen LogP) is 0.559. The molecule has 5 nitrogen and oxygen atoms in total. The van der Waals surface area contributed by atoms with Crippen molar-refractivity contribution in [2.75, 3.05) is 20.3 Å². The third kappa shape index (κ3) is 4.09. The largest absolute Gasteiger partial charge is 0.391 e. The van der Waals surface area contributed by atoms with E-state index in [-0.39, 0.29) is 30.4 Å². The first-order valence-electron chi connectivity index (χ1n) is 5.86. The smallest absolute Gasteiger partial charge is 0.229 e. The summed E-state index contributed by atoms with van der Waals surface area (Å²) in [6.07, 6.45) is 0.514. The summed E-state index contributed by atoms with van der Waals surface area (Å²) in [6.45, 7) is 4.33. The van der Waals surface area contributed by atoms with E-state index in [1.54, 1.807) is 0 Å². The second-order valence-corrected chi connectivity index (χ2v) is 5.35. The van der Waals surface area contributed by atoms with Gasteiger partial charge in [-0.2, -0.15) is 0 Å². The van der Waals surface area contributed by atoms with E-state index in [2.05, 4.69) is 0 Å². The van der Waals surface area contributed by atoms with Gasteiger partial charge in [-0.3, -0.25) is 14.5 Å². The highest BCUT2D eigenvalue weighted by Crippen LogP contribution is 2.31. The van der Waals surface area contributed by atoms with E-state index < -0.39 is 6.10 Å². The van der Waals surface area contributed by atoms with Crippen molar-refractivity contribution in [3.63, 3.8) is 0 Å². The molecule has 1 aliphatic heterocycles. The summed E-state index contributed by atoms with van der Waals surface area (Å²) in [5.41, 5.74) is -0.240. The van der Waals surface area contributed by atoms with Gasteiger partial charge in [0.2, 0.25) is 11.8 Å². The van der Waals surface area contributed by atoms with Crippen molar-refractivity contribution in [1.29, 1.82) is 0 Å². The summed E-state index contributed by atoms with van der Waals surface area (Å²) < 4.78 is 4.79. The van der Waals surface area contributed by atoms with Crippen molar-refractivity contribution in [2.24, 2.45) is 5.41 Å². The van der Waals surface area contributed by atoms with E-state index in [9.17, 15) is 14.7 Å². The van der Waals surface area contributed by atoms with E-state index >= 15 is 0 Å². The van der Waals surface area contributed by atoms with Crippen LogP contribution in [0.1, 0.15) is 33.1 Å². The number of rotatable bonds is 5. The number of carbonyl (C=O) groups is 2. The second-order valence-electron chi connectivity index (χ2n) is 5.35. The monoisotopic (exact) mass is 243 g/mol. The van der Waals surface area contributed by atoms with E-state index in [0.717, 1.165) is 0 Å². The topological polar surface area (TPSA) is 66.8 Å². The normalized spacial score (nSPS) is 21.8. The number of ether oxygens (including phenoxy) is 1. The maximum atomic E-state index is 11.8. The number of aliphatic hydroxyl groups is 1. The van der Waals surface area contributed by atoms with Crippen LogP contribution in [-0.2, 0) is 14.3 Å². The molecule has 1 aliphatic rings. The van der Waals surface area contributed by atoms with Gasteiger partial charge in [-0.05, 0) is 11.8 Å². The third-order valence-electron chi connectivity index (χ3n) is 2.91. The van der Waals surface area contributed by atoms with Gasteiger partial charge in [0.1, 0.15) is 0 Å². The van der Waals surface area contributed by atoms with Crippen molar-refractivity contribution >= 4 is 11.8 Å². The molecular weight excluding hydrogens is 222 g/mol. The van der Waals surface area contributed by atoms with Gasteiger partial charge in [-0.15, -0.1) is 0 Å². The number of carbonyl (C=O) groups excluding carboxylic acids is 2. The molecule has 0 bridgehead atoms. The molecule has 0 aromatic rings. The summed E-state index contributed by atoms with van der Waals surface area (Å²) in [4.78, 5) is 24.8. The van der Waals surface area contributed by atoms with Crippen molar-refractivity contribution in [3.05, 3.63) is 0 Å². The molecule has 1 N–H and O–H groups in total. The molecule has 0 saturated carbocycles. The van der Waals surface area contributed by atoms with Gasteiger partial charge >= 0.3 is 0 Å². The van der Waals surface area contributed by atoms with Crippen LogP contribution in [0.4, 0.5) is 0 Å². The van der Waals surface area contributed by atoms with Gasteiger partial charge in [0.05, 0.1) is 12.7 Å². The van der Waals surface area contributed by atoms with Crippen molar-refractivity contribution in [3.8, 4) is 0 Å². The molecule has 0 aromatic heterocycles. The van der Waals surface area contributed by atoms with Gasteiger partial charge in [-0.25, -0.2) is 0 Å². The number of hydrogen-bond donors (Lipinski definition) is 1. The van der Waals surface area contributed by atoms with Crippen LogP contribution >= 0.6 is 0 Å². The van der Waals surface area contributed by atoms with Crippen molar-refractivity contribution < 1.29 is 19.4 Å². The first kappa shape index (κ1) is 14.1. The van der Waals surface area contributed by atoms with Crippen LogP contribution in [0.2, 0.25) is 0 Å². The molecule has 2 amide bonds. The highest BCUT2D eigenvalue weighted by Gasteiger charge is 2.37. The van der Waals surface area contributed by atoms with Gasteiger partial charge in [-0.1, -0.05) is 13.8 Å². The summed E-state index contributed by atoms with van der Waals surface area (Å²) in [5, 5.41) is 9.48. The van der Waals surface area contributed by atoms with Crippen molar-refractivity contribution in [2.45, 2.75) is 39.2 Å². The lowest BCUT2D eigenvalue weighted by atomic mass is 9.81. The minimum atomic E-state index is -0.629. The fourth-order valence-corrected chi connectivity index (χ4v) is 2.01. The lowest BCUT2D eigenvalue weighted by Gasteiger charge is -2.35. The predicted molar refractivity (Wildman–Crippen MR) is 62.2 cm³/mol. The zero-order valence-corrected chi connectivity index (χ0v) is 10.7. The number of hydrogen-bond acceptors (Lipinski definition) is 4. The molecule has 1 unspecified atom stereocenters. The zero-order valence-electron chi connectivity index (χ0n) is 10.7. The quantitative estimate of drug-likeness (QED) is 0.716. The number of aliphatic hydroxyl groups excluding tert-OH is 1. The number of imide groups is 1. The van der Waals surface area contributed by atoms with Crippen LogP contribution in [0, 0.1) is 5.41 Å². The van der Waals surface area contributed by atoms with Crippen LogP contribution in [0.3, 0.4) is 0 Å². The number of likely N-dealkylation sites (tertiary alicyclic amines) is 1. The molecule has 1 atom stereocenters. The standard InChI is InChI=1S/C12H21NO4/c1-12(2)6-10(15)13(11(16)7-12)5-4-9(14)8-17-3/h9,14H,4-8H2,1-3H3. The Morgan fingerprint density at radius 1 is 1.35 bits per heavy atom. The number of methoxy groups -OCH3 is 1. The molecule has 1 rings (SSSR count). The Hall–Kier alpha value is -0.940. The Balaban J connectivity index is 2.49. The Morgan fingerprint density at radius 3 is 2.35 bits per heavy atom. The van der Waals surface area contributed by atoms with E-state index in [4.69, 9.17) is 4.74 Å². The van der Waals surface area contributed by atoms with Gasteiger partial charge in [0.25, 0.3) is 0 Å². The number of nitrogens with zero attached hydrogens (tertiary/aromatic N) is 1. The molecule has 0 aromatic carbocycles. The molecular formula is C12H21NO4. The second kappa shape index (κ2) is 5.60. The first-order valence-corrected chi connectivity index (χ1v) is 5.86. The molecule has 0 radical (unpaired) electrons. The van der Waals surface area contributed by atoms with E-state index in [0.29, 0.717) is 19.3 Å². The lowest BCUT2D eigenvalue weighted by molar-refractivity contribution is -0.152. The fourth-order valence-electron chi connectivity index (χ4n) is 2.01. The highest BCUT2D eigenvalue weighted by atomic mass is 16.5. The SMILES string of the molecule is COCC(O)CCN1C(=O)CC(C)(C)CC1=O. The van der Waals surface area contributed by atoms with Crippen LogP contribution in [-0.4, -0.2) is 48.2 Å².